The molecule has 0 fully saturated rings. The number of aliphatic carboxylic acids is 2. The van der Waals surface area contributed by atoms with E-state index in [0.29, 0.717) is 0 Å². The Bertz CT molecular complexity index is 637. The summed E-state index contributed by atoms with van der Waals surface area (Å²) < 4.78 is 0. The van der Waals surface area contributed by atoms with Crippen molar-refractivity contribution in [2.75, 3.05) is 0 Å². The van der Waals surface area contributed by atoms with Crippen LogP contribution in [0.1, 0.15) is 257 Å². The van der Waals surface area contributed by atoms with Crippen molar-refractivity contribution in [2.24, 2.45) is 0 Å². The Hall–Kier alpha value is -0.658. The first-order chi connectivity index (χ1) is 24.5. The van der Waals surface area contributed by atoms with Gasteiger partial charge < -0.3 is 19.8 Å². The minimum Gasteiger partial charge on any atom is -0.550 e. The van der Waals surface area contributed by atoms with E-state index in [4.69, 9.17) is 0 Å². The van der Waals surface area contributed by atoms with Crippen molar-refractivity contribution in [3.05, 3.63) is 25.3 Å². The second-order valence-electron chi connectivity index (χ2n) is 15.1. The van der Waals surface area contributed by atoms with Gasteiger partial charge in [-0.2, -0.15) is 0 Å². The SMILES string of the molecule is C=CCCCCCCCCCCCCCCCCCCCCC(=O)[O-].C=CCCCCCCCCCCCCCCCCCCCCC(=O)[O-].[Pb+2]. The molecule has 0 aromatic rings. The number of carboxylic acids is 2. The standard InChI is InChI=1S/2C23H44O2.Pb/c2*1-2-3-4-5-6-7-8-9-10-11-12-13-14-15-16-17-18-19-20-21-22-23(24)25;/h2*2H,1,3-22H2,(H,24,25);/q;;+2/p-2. The molecular formula is C46H86O4Pb. The molecule has 0 amide bonds. The van der Waals surface area contributed by atoms with Gasteiger partial charge in [-0.05, 0) is 51.4 Å². The van der Waals surface area contributed by atoms with Crippen molar-refractivity contribution in [1.82, 2.24) is 0 Å². The summed E-state index contributed by atoms with van der Waals surface area (Å²) in [5.41, 5.74) is 0. The third kappa shape index (κ3) is 58.9. The third-order valence-electron chi connectivity index (χ3n) is 10.1. The van der Waals surface area contributed by atoms with Gasteiger partial charge in [-0.1, -0.05) is 218 Å². The molecule has 0 aliphatic heterocycles. The number of hydrogen-bond donors (Lipinski definition) is 0. The van der Waals surface area contributed by atoms with Crippen LogP contribution in [0.2, 0.25) is 0 Å². The number of unbranched alkanes of at least 4 members (excludes halogenated alkanes) is 36. The summed E-state index contributed by atoms with van der Waals surface area (Å²) >= 11 is 0. The van der Waals surface area contributed by atoms with Crippen LogP contribution >= 0.6 is 0 Å². The maximum atomic E-state index is 10.3. The van der Waals surface area contributed by atoms with Crippen LogP contribution < -0.4 is 10.2 Å². The molecule has 0 unspecified atom stereocenters. The van der Waals surface area contributed by atoms with Crippen LogP contribution in [0.3, 0.4) is 0 Å². The molecule has 4 nitrogen and oxygen atoms in total. The average molecular weight is 910 g/mol. The van der Waals surface area contributed by atoms with Crippen molar-refractivity contribution in [1.29, 1.82) is 0 Å². The van der Waals surface area contributed by atoms with Crippen LogP contribution in [0.4, 0.5) is 0 Å². The normalized spacial score (nSPS) is 10.7. The first-order valence-electron chi connectivity index (χ1n) is 22.2. The average Bonchev–Trinajstić information content (AvgIpc) is 3.10. The first-order valence-corrected chi connectivity index (χ1v) is 22.2. The monoisotopic (exact) mass is 911 g/mol. The van der Waals surface area contributed by atoms with Crippen molar-refractivity contribution in [3.63, 3.8) is 0 Å². The molecule has 5 heteroatoms. The molecule has 0 aromatic heterocycles. The topological polar surface area (TPSA) is 80.3 Å². The largest absolute Gasteiger partial charge is 2.00 e. The molecule has 0 bridgehead atoms. The number of carbonyl (C=O) groups is 2. The van der Waals surface area contributed by atoms with Gasteiger partial charge in [-0.3, -0.25) is 0 Å². The van der Waals surface area contributed by atoms with E-state index in [1.165, 1.54) is 218 Å². The summed E-state index contributed by atoms with van der Waals surface area (Å²) in [6.07, 6.45) is 54.5. The Kier molecular flexibility index (Phi) is 55.2. The van der Waals surface area contributed by atoms with E-state index in [1.807, 2.05) is 12.2 Å². The van der Waals surface area contributed by atoms with Gasteiger partial charge in [0.25, 0.3) is 0 Å². The fraction of sp³-hybridized carbons (Fsp3) is 0.870. The molecule has 0 saturated heterocycles. The zero-order chi connectivity index (χ0) is 36.9. The molecule has 298 valence electrons. The van der Waals surface area contributed by atoms with Crippen molar-refractivity contribution < 1.29 is 19.8 Å². The van der Waals surface area contributed by atoms with E-state index in [1.54, 1.807) is 0 Å². The van der Waals surface area contributed by atoms with Gasteiger partial charge in [0.05, 0.1) is 0 Å². The third-order valence-corrected chi connectivity index (χ3v) is 10.1. The summed E-state index contributed by atoms with van der Waals surface area (Å²) in [6, 6.07) is 0. The fourth-order valence-electron chi connectivity index (χ4n) is 6.77. The summed E-state index contributed by atoms with van der Waals surface area (Å²) in [5, 5.41) is 20.6. The summed E-state index contributed by atoms with van der Waals surface area (Å²) in [6.45, 7) is 7.53. The Morgan fingerprint density at radius 3 is 0.569 bits per heavy atom. The maximum absolute atomic E-state index is 10.3. The van der Waals surface area contributed by atoms with Gasteiger partial charge in [0.15, 0.2) is 0 Å². The molecule has 0 aliphatic carbocycles. The van der Waals surface area contributed by atoms with Gasteiger partial charge in [-0.15, -0.1) is 13.2 Å². The zero-order valence-corrected chi connectivity index (χ0v) is 37.9. The summed E-state index contributed by atoms with van der Waals surface area (Å²) in [7, 11) is 0. The smallest absolute Gasteiger partial charge is 0.550 e. The zero-order valence-electron chi connectivity index (χ0n) is 34.0. The first kappa shape index (κ1) is 54.7. The quantitative estimate of drug-likeness (QED) is 0.0347. The second-order valence-corrected chi connectivity index (χ2v) is 15.1. The molecular weight excluding hydrogens is 824 g/mol. The molecule has 0 heterocycles. The van der Waals surface area contributed by atoms with Crippen molar-refractivity contribution in [2.45, 2.75) is 257 Å². The Labute approximate surface area is 339 Å². The fourth-order valence-corrected chi connectivity index (χ4v) is 6.77. The van der Waals surface area contributed by atoms with Crippen LogP contribution in [0.25, 0.3) is 0 Å². The van der Waals surface area contributed by atoms with Crippen molar-refractivity contribution >= 4 is 39.2 Å². The summed E-state index contributed by atoms with van der Waals surface area (Å²) in [5.74, 6) is -1.81. The number of carboxylic acid groups (broad SMARTS) is 2. The number of allylic oxidation sites excluding steroid dienone is 2. The molecule has 0 rings (SSSR count). The molecule has 0 aromatic carbocycles. The number of carbonyl (C=O) groups excluding carboxylic acids is 2. The Morgan fingerprint density at radius 2 is 0.431 bits per heavy atom. The van der Waals surface area contributed by atoms with Crippen molar-refractivity contribution in [3.8, 4) is 0 Å². The van der Waals surface area contributed by atoms with Crippen LogP contribution in [0.5, 0.6) is 0 Å². The van der Waals surface area contributed by atoms with E-state index >= 15 is 0 Å². The van der Waals surface area contributed by atoms with E-state index in [0.717, 1.165) is 25.7 Å². The van der Waals surface area contributed by atoms with Crippen LogP contribution in [-0.2, 0) is 9.59 Å². The number of hydrogen-bond acceptors (Lipinski definition) is 4. The molecule has 51 heavy (non-hydrogen) atoms. The summed E-state index contributed by atoms with van der Waals surface area (Å²) in [4.78, 5) is 20.6. The van der Waals surface area contributed by atoms with E-state index < -0.39 is 11.9 Å². The van der Waals surface area contributed by atoms with Gasteiger partial charge in [0.1, 0.15) is 0 Å². The van der Waals surface area contributed by atoms with Gasteiger partial charge in [0, 0.05) is 11.9 Å². The van der Waals surface area contributed by atoms with Crippen LogP contribution in [0, 0.1) is 0 Å². The Balaban J connectivity index is -0.000000886. The molecule has 0 atom stereocenters. The molecule has 0 saturated carbocycles. The molecule has 0 aliphatic rings. The molecule has 2 radical (unpaired) electrons. The minimum absolute atomic E-state index is 0. The van der Waals surface area contributed by atoms with Crippen LogP contribution in [-0.4, -0.2) is 39.2 Å². The maximum Gasteiger partial charge on any atom is 2.00 e. The Morgan fingerprint density at radius 1 is 0.294 bits per heavy atom. The molecule has 0 spiro atoms. The van der Waals surface area contributed by atoms with E-state index in [9.17, 15) is 19.8 Å². The number of rotatable bonds is 42. The van der Waals surface area contributed by atoms with E-state index in [-0.39, 0.29) is 40.1 Å². The van der Waals surface area contributed by atoms with Gasteiger partial charge >= 0.3 is 27.3 Å². The minimum atomic E-state index is -0.903. The van der Waals surface area contributed by atoms with Gasteiger partial charge in [0.2, 0.25) is 0 Å². The molecule has 0 N–H and O–H groups in total. The van der Waals surface area contributed by atoms with Gasteiger partial charge in [-0.25, -0.2) is 0 Å². The predicted molar refractivity (Wildman–Crippen MR) is 221 cm³/mol. The van der Waals surface area contributed by atoms with Crippen LogP contribution in [0.15, 0.2) is 25.3 Å². The predicted octanol–water partition coefficient (Wildman–Crippen LogP) is 13.1. The second kappa shape index (κ2) is 51.4. The van der Waals surface area contributed by atoms with E-state index in [2.05, 4.69) is 13.2 Å².